The van der Waals surface area contributed by atoms with Crippen molar-refractivity contribution in [2.45, 2.75) is 11.4 Å². The maximum atomic E-state index is 13.0. The Morgan fingerprint density at radius 3 is 2.76 bits per heavy atom. The van der Waals surface area contributed by atoms with Gasteiger partial charge in [-0.1, -0.05) is 12.1 Å². The maximum Gasteiger partial charge on any atom is 0.289 e. The predicted octanol–water partition coefficient (Wildman–Crippen LogP) is 1.71. The van der Waals surface area contributed by atoms with Crippen LogP contribution in [0.1, 0.15) is 17.0 Å². The number of nitrogens with zero attached hydrogens (tertiary/aromatic N) is 4. The van der Waals surface area contributed by atoms with Crippen LogP contribution in [-0.4, -0.2) is 66.4 Å². The van der Waals surface area contributed by atoms with Gasteiger partial charge in [0.2, 0.25) is 0 Å². The van der Waals surface area contributed by atoms with Gasteiger partial charge in [0, 0.05) is 44.8 Å². The molecule has 1 saturated heterocycles. The standard InChI is InChI=1S/C19H22N4O5S/c1-21-12-17(20-13-21)29(25,26)23-8-4-7-22(9-10-23)19(24)16-11-14-5-3-6-15(27-2)18(14)28-16/h3,5-6,11-13H,4,7-10H2,1-2H3. The molecular weight excluding hydrogens is 396 g/mol. The molecule has 0 saturated carbocycles. The van der Waals surface area contributed by atoms with Gasteiger partial charge in [0.05, 0.1) is 13.4 Å². The molecule has 1 aliphatic rings. The summed E-state index contributed by atoms with van der Waals surface area (Å²) in [4.78, 5) is 18.5. The van der Waals surface area contributed by atoms with Crippen LogP contribution < -0.4 is 4.74 Å². The Kier molecular flexibility index (Phi) is 5.05. The van der Waals surface area contributed by atoms with Crippen LogP contribution in [0, 0.1) is 0 Å². The van der Waals surface area contributed by atoms with E-state index in [1.54, 1.807) is 35.8 Å². The number of amides is 1. The zero-order valence-electron chi connectivity index (χ0n) is 16.2. The first-order valence-electron chi connectivity index (χ1n) is 9.24. The summed E-state index contributed by atoms with van der Waals surface area (Å²) in [7, 11) is -0.419. The van der Waals surface area contributed by atoms with E-state index in [-0.39, 0.29) is 29.8 Å². The molecule has 1 fully saturated rings. The smallest absolute Gasteiger partial charge is 0.289 e. The van der Waals surface area contributed by atoms with E-state index in [9.17, 15) is 13.2 Å². The van der Waals surface area contributed by atoms with E-state index >= 15 is 0 Å². The lowest BCUT2D eigenvalue weighted by atomic mass is 10.2. The van der Waals surface area contributed by atoms with Gasteiger partial charge in [-0.2, -0.15) is 4.31 Å². The molecule has 1 aliphatic heterocycles. The number of para-hydroxylation sites is 1. The average molecular weight is 418 g/mol. The molecule has 10 heteroatoms. The number of hydrogen-bond acceptors (Lipinski definition) is 6. The normalized spacial score (nSPS) is 16.1. The maximum absolute atomic E-state index is 13.0. The highest BCUT2D eigenvalue weighted by molar-refractivity contribution is 7.89. The lowest BCUT2D eigenvalue weighted by Crippen LogP contribution is -2.37. The predicted molar refractivity (Wildman–Crippen MR) is 105 cm³/mol. The molecule has 9 nitrogen and oxygen atoms in total. The summed E-state index contributed by atoms with van der Waals surface area (Å²) in [6.07, 6.45) is 3.46. The minimum absolute atomic E-state index is 0.0177. The highest BCUT2D eigenvalue weighted by atomic mass is 32.2. The molecule has 2 aromatic heterocycles. The number of ether oxygens (including phenoxy) is 1. The van der Waals surface area contributed by atoms with Gasteiger partial charge in [-0.3, -0.25) is 4.79 Å². The Labute approximate surface area is 168 Å². The SMILES string of the molecule is COc1cccc2cc(C(=O)N3CCCN(S(=O)(=O)c4cn(C)cn4)CC3)oc12. The number of furan rings is 1. The van der Waals surface area contributed by atoms with Crippen LogP contribution in [0.25, 0.3) is 11.0 Å². The first-order chi connectivity index (χ1) is 13.9. The Morgan fingerprint density at radius 2 is 2.03 bits per heavy atom. The summed E-state index contributed by atoms with van der Waals surface area (Å²) < 4.78 is 39.6. The molecule has 1 amide bonds. The Balaban J connectivity index is 1.52. The Morgan fingerprint density at radius 1 is 1.21 bits per heavy atom. The number of aryl methyl sites for hydroxylation is 1. The number of carbonyl (C=O) groups excluding carboxylic acids is 1. The van der Waals surface area contributed by atoms with Crippen molar-refractivity contribution in [3.8, 4) is 5.75 Å². The fraction of sp³-hybridized carbons (Fsp3) is 0.368. The minimum atomic E-state index is -3.68. The largest absolute Gasteiger partial charge is 0.493 e. The number of rotatable bonds is 4. The molecule has 0 atom stereocenters. The Hall–Kier alpha value is -2.85. The lowest BCUT2D eigenvalue weighted by Gasteiger charge is -2.20. The van der Waals surface area contributed by atoms with Crippen LogP contribution in [0.15, 0.2) is 46.2 Å². The van der Waals surface area contributed by atoms with E-state index in [0.717, 1.165) is 5.39 Å². The number of carbonyl (C=O) groups is 1. The number of fused-ring (bicyclic) bond motifs is 1. The van der Waals surface area contributed by atoms with Gasteiger partial charge in [0.15, 0.2) is 22.1 Å². The van der Waals surface area contributed by atoms with E-state index in [1.165, 1.54) is 16.8 Å². The number of methoxy groups -OCH3 is 1. The van der Waals surface area contributed by atoms with Crippen molar-refractivity contribution >= 4 is 26.9 Å². The third-order valence-corrected chi connectivity index (χ3v) is 6.75. The molecule has 1 aromatic carbocycles. The highest BCUT2D eigenvalue weighted by Gasteiger charge is 2.31. The van der Waals surface area contributed by atoms with Gasteiger partial charge in [-0.05, 0) is 18.6 Å². The first kappa shape index (κ1) is 19.5. The fourth-order valence-corrected chi connectivity index (χ4v) is 4.89. The second-order valence-electron chi connectivity index (χ2n) is 6.92. The molecule has 0 unspecified atom stereocenters. The first-order valence-corrected chi connectivity index (χ1v) is 10.7. The summed E-state index contributed by atoms with van der Waals surface area (Å²) in [5.41, 5.74) is 0.521. The topological polar surface area (TPSA) is 97.9 Å². The summed E-state index contributed by atoms with van der Waals surface area (Å²) in [6.45, 7) is 1.26. The summed E-state index contributed by atoms with van der Waals surface area (Å²) in [6, 6.07) is 7.14. The molecule has 3 aromatic rings. The van der Waals surface area contributed by atoms with Crippen molar-refractivity contribution in [2.24, 2.45) is 7.05 Å². The lowest BCUT2D eigenvalue weighted by molar-refractivity contribution is 0.0734. The van der Waals surface area contributed by atoms with Gasteiger partial charge in [0.25, 0.3) is 15.9 Å². The van der Waals surface area contributed by atoms with Crippen LogP contribution in [0.4, 0.5) is 0 Å². The third-order valence-electron chi connectivity index (χ3n) is 4.97. The molecule has 0 spiro atoms. The van der Waals surface area contributed by atoms with E-state index in [2.05, 4.69) is 4.98 Å². The van der Waals surface area contributed by atoms with Crippen molar-refractivity contribution in [2.75, 3.05) is 33.3 Å². The second-order valence-corrected chi connectivity index (χ2v) is 8.80. The quantitative estimate of drug-likeness (QED) is 0.640. The summed E-state index contributed by atoms with van der Waals surface area (Å²) in [5.74, 6) is 0.510. The van der Waals surface area contributed by atoms with Crippen molar-refractivity contribution in [1.29, 1.82) is 0 Å². The van der Waals surface area contributed by atoms with Crippen LogP contribution >= 0.6 is 0 Å². The van der Waals surface area contributed by atoms with Gasteiger partial charge < -0.3 is 18.6 Å². The number of sulfonamides is 1. The van der Waals surface area contributed by atoms with Gasteiger partial charge in [0.1, 0.15) is 0 Å². The van der Waals surface area contributed by atoms with Crippen molar-refractivity contribution in [3.63, 3.8) is 0 Å². The fourth-order valence-electron chi connectivity index (χ4n) is 3.45. The minimum Gasteiger partial charge on any atom is -0.493 e. The van der Waals surface area contributed by atoms with Crippen LogP contribution in [0.5, 0.6) is 5.75 Å². The zero-order valence-corrected chi connectivity index (χ0v) is 17.1. The number of benzene rings is 1. The highest BCUT2D eigenvalue weighted by Crippen LogP contribution is 2.29. The summed E-state index contributed by atoms with van der Waals surface area (Å²) >= 11 is 0. The molecular formula is C19H22N4O5S. The molecule has 3 heterocycles. The zero-order chi connectivity index (χ0) is 20.6. The van der Waals surface area contributed by atoms with Crippen molar-refractivity contribution in [1.82, 2.24) is 18.8 Å². The van der Waals surface area contributed by atoms with Gasteiger partial charge >= 0.3 is 0 Å². The van der Waals surface area contributed by atoms with Crippen LogP contribution in [0.3, 0.4) is 0 Å². The van der Waals surface area contributed by atoms with E-state index in [4.69, 9.17) is 9.15 Å². The van der Waals surface area contributed by atoms with Crippen molar-refractivity contribution in [3.05, 3.63) is 42.5 Å². The number of imidazole rings is 1. The molecule has 0 radical (unpaired) electrons. The molecule has 29 heavy (non-hydrogen) atoms. The van der Waals surface area contributed by atoms with Gasteiger partial charge in [-0.15, -0.1) is 0 Å². The molecule has 0 N–H and O–H groups in total. The van der Waals surface area contributed by atoms with E-state index in [1.807, 2.05) is 12.1 Å². The third kappa shape index (κ3) is 3.60. The van der Waals surface area contributed by atoms with Crippen molar-refractivity contribution < 1.29 is 22.4 Å². The molecule has 0 aliphatic carbocycles. The van der Waals surface area contributed by atoms with Crippen LogP contribution in [-0.2, 0) is 17.1 Å². The molecule has 154 valence electrons. The number of hydrogen-bond donors (Lipinski definition) is 0. The Bertz CT molecular complexity index is 1150. The molecule has 4 rings (SSSR count). The van der Waals surface area contributed by atoms with E-state index < -0.39 is 10.0 Å². The van der Waals surface area contributed by atoms with E-state index in [0.29, 0.717) is 30.8 Å². The summed E-state index contributed by atoms with van der Waals surface area (Å²) in [5, 5.41) is 0.797. The number of aromatic nitrogens is 2. The average Bonchev–Trinajstić information content (AvgIpc) is 3.26. The van der Waals surface area contributed by atoms with Gasteiger partial charge in [-0.25, -0.2) is 13.4 Å². The van der Waals surface area contributed by atoms with Crippen LogP contribution in [0.2, 0.25) is 0 Å². The monoisotopic (exact) mass is 418 g/mol. The second kappa shape index (κ2) is 7.53. The molecule has 0 bridgehead atoms.